The Kier molecular flexibility index (Phi) is 9.42. The Bertz CT molecular complexity index is 1280. The number of hydrogen-bond acceptors (Lipinski definition) is 8. The first kappa shape index (κ1) is 26.7. The summed E-state index contributed by atoms with van der Waals surface area (Å²) >= 11 is 1.30. The number of nitrogens with one attached hydrogen (secondary N) is 1. The number of rotatable bonds is 11. The number of methoxy groups -OCH3 is 1. The maximum Gasteiger partial charge on any atom is 0.268 e. The van der Waals surface area contributed by atoms with Crippen LogP contribution >= 0.6 is 11.3 Å². The molecule has 2 aromatic carbocycles. The van der Waals surface area contributed by atoms with E-state index in [0.29, 0.717) is 41.3 Å². The van der Waals surface area contributed by atoms with E-state index in [1.54, 1.807) is 18.2 Å². The molecule has 1 N–H and O–H groups in total. The van der Waals surface area contributed by atoms with Gasteiger partial charge in [-0.2, -0.15) is 5.26 Å². The van der Waals surface area contributed by atoms with Crippen LogP contribution in [0.5, 0.6) is 17.2 Å². The maximum absolute atomic E-state index is 12.6. The quantitative estimate of drug-likeness (QED) is 0.212. The zero-order chi connectivity index (χ0) is 26.1. The van der Waals surface area contributed by atoms with E-state index in [1.807, 2.05) is 31.2 Å². The van der Waals surface area contributed by atoms with Crippen LogP contribution in [0.25, 0.3) is 6.08 Å². The SMILES string of the molecule is COc1cc(/C=C(/C#N)C(=O)Nc2nnc(CC(C)C)s2)ccc1OCCOc1ccc(C)c(C)c1. The molecule has 9 heteroatoms. The number of ether oxygens (including phenoxy) is 3. The van der Waals surface area contributed by atoms with Crippen molar-refractivity contribution in [2.24, 2.45) is 5.92 Å². The average molecular weight is 507 g/mol. The van der Waals surface area contributed by atoms with Crippen LogP contribution in [-0.2, 0) is 11.2 Å². The first-order valence-electron chi connectivity index (χ1n) is 11.6. The summed E-state index contributed by atoms with van der Waals surface area (Å²) in [6.07, 6.45) is 2.26. The molecule has 8 nitrogen and oxygen atoms in total. The van der Waals surface area contributed by atoms with Crippen molar-refractivity contribution in [1.29, 1.82) is 5.26 Å². The number of carbonyl (C=O) groups excluding carboxylic acids is 1. The number of nitrogens with zero attached hydrogens (tertiary/aromatic N) is 3. The minimum absolute atomic E-state index is 0.0619. The minimum Gasteiger partial charge on any atom is -0.493 e. The average Bonchev–Trinajstić information content (AvgIpc) is 3.28. The van der Waals surface area contributed by atoms with Crippen LogP contribution in [0, 0.1) is 31.1 Å². The normalized spacial score (nSPS) is 11.2. The molecule has 0 aliphatic carbocycles. The van der Waals surface area contributed by atoms with Gasteiger partial charge in [0, 0.05) is 6.42 Å². The van der Waals surface area contributed by atoms with Crippen molar-refractivity contribution in [3.63, 3.8) is 0 Å². The predicted octanol–water partition coefficient (Wildman–Crippen LogP) is 5.37. The summed E-state index contributed by atoms with van der Waals surface area (Å²) in [5.74, 6) is 1.69. The molecule has 1 aromatic heterocycles. The number of anilines is 1. The number of amides is 1. The lowest BCUT2D eigenvalue weighted by molar-refractivity contribution is -0.112. The molecule has 0 bridgehead atoms. The van der Waals surface area contributed by atoms with Gasteiger partial charge in [0.15, 0.2) is 11.5 Å². The minimum atomic E-state index is -0.549. The summed E-state index contributed by atoms with van der Waals surface area (Å²) in [6.45, 7) is 8.96. The molecule has 0 saturated heterocycles. The van der Waals surface area contributed by atoms with Gasteiger partial charge in [-0.1, -0.05) is 37.3 Å². The Labute approximate surface area is 215 Å². The van der Waals surface area contributed by atoms with Crippen molar-refractivity contribution < 1.29 is 19.0 Å². The Morgan fingerprint density at radius 1 is 1.08 bits per heavy atom. The third-order valence-corrected chi connectivity index (χ3v) is 6.08. The molecule has 1 heterocycles. The van der Waals surface area contributed by atoms with Crippen molar-refractivity contribution in [3.05, 3.63) is 63.7 Å². The second-order valence-corrected chi connectivity index (χ2v) is 9.64. The molecule has 0 aliphatic rings. The molecule has 3 rings (SSSR count). The summed E-state index contributed by atoms with van der Waals surface area (Å²) in [4.78, 5) is 12.6. The second kappa shape index (κ2) is 12.7. The maximum atomic E-state index is 12.6. The lowest BCUT2D eigenvalue weighted by Gasteiger charge is -2.13. The van der Waals surface area contributed by atoms with E-state index in [-0.39, 0.29) is 5.57 Å². The molecule has 0 radical (unpaired) electrons. The smallest absolute Gasteiger partial charge is 0.268 e. The van der Waals surface area contributed by atoms with E-state index in [4.69, 9.17) is 14.2 Å². The van der Waals surface area contributed by atoms with Crippen LogP contribution in [0.15, 0.2) is 42.0 Å². The van der Waals surface area contributed by atoms with Crippen LogP contribution in [0.1, 0.15) is 35.5 Å². The van der Waals surface area contributed by atoms with Gasteiger partial charge in [0.1, 0.15) is 35.6 Å². The van der Waals surface area contributed by atoms with Gasteiger partial charge >= 0.3 is 0 Å². The zero-order valence-electron chi connectivity index (χ0n) is 21.1. The van der Waals surface area contributed by atoms with Crippen LogP contribution in [0.4, 0.5) is 5.13 Å². The van der Waals surface area contributed by atoms with Crippen molar-refractivity contribution in [2.75, 3.05) is 25.6 Å². The summed E-state index contributed by atoms with van der Waals surface area (Å²) < 4.78 is 17.0. The Balaban J connectivity index is 1.61. The lowest BCUT2D eigenvalue weighted by atomic mass is 10.1. The molecular weight excluding hydrogens is 476 g/mol. The van der Waals surface area contributed by atoms with Gasteiger partial charge in [-0.15, -0.1) is 10.2 Å². The number of aryl methyl sites for hydroxylation is 2. The van der Waals surface area contributed by atoms with Gasteiger partial charge < -0.3 is 14.2 Å². The van der Waals surface area contributed by atoms with E-state index in [0.717, 1.165) is 17.2 Å². The van der Waals surface area contributed by atoms with Gasteiger partial charge in [0.05, 0.1) is 7.11 Å². The van der Waals surface area contributed by atoms with Crippen LogP contribution in [-0.4, -0.2) is 36.4 Å². The number of nitriles is 1. The van der Waals surface area contributed by atoms with E-state index < -0.39 is 5.91 Å². The first-order chi connectivity index (χ1) is 17.3. The summed E-state index contributed by atoms with van der Waals surface area (Å²) in [5, 5.41) is 21.4. The number of carbonyl (C=O) groups is 1. The molecule has 0 unspecified atom stereocenters. The Hall–Kier alpha value is -3.90. The molecule has 1 amide bonds. The summed E-state index contributed by atoms with van der Waals surface area (Å²) in [5.41, 5.74) is 2.94. The molecule has 0 fully saturated rings. The third-order valence-electron chi connectivity index (χ3n) is 5.22. The number of aromatic nitrogens is 2. The monoisotopic (exact) mass is 506 g/mol. The molecular formula is C27H30N4O4S. The fourth-order valence-electron chi connectivity index (χ4n) is 3.22. The van der Waals surface area contributed by atoms with Crippen LogP contribution < -0.4 is 19.5 Å². The summed E-state index contributed by atoms with van der Waals surface area (Å²) in [6, 6.07) is 13.1. The zero-order valence-corrected chi connectivity index (χ0v) is 21.9. The van der Waals surface area contributed by atoms with Crippen molar-refractivity contribution in [3.8, 4) is 23.3 Å². The van der Waals surface area contributed by atoms with Crippen molar-refractivity contribution in [2.45, 2.75) is 34.1 Å². The Morgan fingerprint density at radius 2 is 1.86 bits per heavy atom. The van der Waals surface area contributed by atoms with Crippen LogP contribution in [0.2, 0.25) is 0 Å². The largest absolute Gasteiger partial charge is 0.493 e. The molecule has 3 aromatic rings. The molecule has 36 heavy (non-hydrogen) atoms. The van der Waals surface area contributed by atoms with E-state index in [2.05, 4.69) is 36.3 Å². The third kappa shape index (κ3) is 7.55. The highest BCUT2D eigenvalue weighted by Gasteiger charge is 2.14. The van der Waals surface area contributed by atoms with Gasteiger partial charge in [-0.05, 0) is 66.8 Å². The predicted molar refractivity (Wildman–Crippen MR) is 141 cm³/mol. The first-order valence-corrected chi connectivity index (χ1v) is 12.4. The standard InChI is InChI=1S/C27H30N4O4S/c1-17(2)12-25-30-31-27(36-25)29-26(32)21(16-28)14-20-7-9-23(24(15-20)33-5)35-11-10-34-22-8-6-18(3)19(4)13-22/h6-9,13-15,17H,10-12H2,1-5H3,(H,29,31,32)/b21-14-. The fraction of sp³-hybridized carbons (Fsp3) is 0.333. The Morgan fingerprint density at radius 3 is 2.56 bits per heavy atom. The van der Waals surface area contributed by atoms with E-state index in [9.17, 15) is 10.1 Å². The summed E-state index contributed by atoms with van der Waals surface area (Å²) in [7, 11) is 1.53. The van der Waals surface area contributed by atoms with Gasteiger partial charge in [-0.25, -0.2) is 0 Å². The van der Waals surface area contributed by atoms with E-state index >= 15 is 0 Å². The van der Waals surface area contributed by atoms with Gasteiger partial charge in [0.25, 0.3) is 5.91 Å². The van der Waals surface area contributed by atoms with E-state index in [1.165, 1.54) is 35.6 Å². The molecule has 0 spiro atoms. The highest BCUT2D eigenvalue weighted by molar-refractivity contribution is 7.15. The van der Waals surface area contributed by atoms with Crippen molar-refractivity contribution in [1.82, 2.24) is 10.2 Å². The molecule has 188 valence electrons. The van der Waals surface area contributed by atoms with Crippen molar-refractivity contribution >= 4 is 28.5 Å². The number of benzene rings is 2. The number of hydrogen-bond donors (Lipinski definition) is 1. The topological polar surface area (TPSA) is 106 Å². The molecule has 0 saturated carbocycles. The van der Waals surface area contributed by atoms with Crippen LogP contribution in [0.3, 0.4) is 0 Å². The highest BCUT2D eigenvalue weighted by atomic mass is 32.1. The lowest BCUT2D eigenvalue weighted by Crippen LogP contribution is -2.13. The molecule has 0 atom stereocenters. The van der Waals surface area contributed by atoms with Gasteiger partial charge in [0.2, 0.25) is 5.13 Å². The second-order valence-electron chi connectivity index (χ2n) is 8.58. The highest BCUT2D eigenvalue weighted by Crippen LogP contribution is 2.29. The molecule has 0 aliphatic heterocycles. The van der Waals surface area contributed by atoms with Gasteiger partial charge in [-0.3, -0.25) is 10.1 Å². The fourth-order valence-corrected chi connectivity index (χ4v) is 4.17.